The van der Waals surface area contributed by atoms with Gasteiger partial charge in [0.15, 0.2) is 0 Å². The summed E-state index contributed by atoms with van der Waals surface area (Å²) in [4.78, 5) is 28.1. The number of imide groups is 1. The third kappa shape index (κ3) is 3.84. The minimum absolute atomic E-state index is 0.152. The molecule has 31 heavy (non-hydrogen) atoms. The predicted molar refractivity (Wildman–Crippen MR) is 122 cm³/mol. The maximum Gasteiger partial charge on any atom is 0.282 e. The van der Waals surface area contributed by atoms with Crippen molar-refractivity contribution in [3.63, 3.8) is 0 Å². The molecular weight excluding hydrogens is 415 g/mol. The van der Waals surface area contributed by atoms with Crippen LogP contribution in [-0.4, -0.2) is 11.8 Å². The van der Waals surface area contributed by atoms with Crippen molar-refractivity contribution in [3.8, 4) is 0 Å². The lowest BCUT2D eigenvalue weighted by molar-refractivity contribution is -0.120. The van der Waals surface area contributed by atoms with E-state index in [9.17, 15) is 14.0 Å². The third-order valence-electron chi connectivity index (χ3n) is 5.27. The van der Waals surface area contributed by atoms with E-state index in [-0.39, 0.29) is 11.3 Å². The van der Waals surface area contributed by atoms with Crippen molar-refractivity contribution in [1.82, 2.24) is 0 Å². The first-order chi connectivity index (χ1) is 14.8. The summed E-state index contributed by atoms with van der Waals surface area (Å²) in [5.74, 6) is -1.37. The smallest absolute Gasteiger partial charge is 0.282 e. The van der Waals surface area contributed by atoms with Gasteiger partial charge in [0, 0.05) is 10.7 Å². The molecule has 0 radical (unpaired) electrons. The van der Waals surface area contributed by atoms with Crippen molar-refractivity contribution in [2.75, 3.05) is 10.2 Å². The van der Waals surface area contributed by atoms with Crippen molar-refractivity contribution in [3.05, 3.63) is 99.5 Å². The Hall–Kier alpha value is -3.44. The number of nitrogens with one attached hydrogen (secondary N) is 1. The Morgan fingerprint density at radius 1 is 0.839 bits per heavy atom. The minimum atomic E-state index is -0.477. The molecule has 4 nitrogen and oxygen atoms in total. The van der Waals surface area contributed by atoms with Crippen molar-refractivity contribution in [1.29, 1.82) is 0 Å². The van der Waals surface area contributed by atoms with Crippen molar-refractivity contribution >= 4 is 40.4 Å². The van der Waals surface area contributed by atoms with Gasteiger partial charge in [0.1, 0.15) is 11.5 Å². The molecule has 0 bridgehead atoms. The van der Waals surface area contributed by atoms with E-state index in [0.717, 1.165) is 21.7 Å². The van der Waals surface area contributed by atoms with E-state index < -0.39 is 17.6 Å². The van der Waals surface area contributed by atoms with Crippen LogP contribution in [0.4, 0.5) is 15.8 Å². The molecule has 0 spiro atoms. The molecule has 0 atom stereocenters. The van der Waals surface area contributed by atoms with Crippen LogP contribution in [0.15, 0.2) is 66.4 Å². The number of carbonyl (C=O) groups excluding carboxylic acids is 2. The highest BCUT2D eigenvalue weighted by Crippen LogP contribution is 2.36. The zero-order chi connectivity index (χ0) is 22.3. The Balaban J connectivity index is 1.87. The number of rotatable bonds is 4. The molecule has 0 aliphatic carbocycles. The Labute approximate surface area is 185 Å². The van der Waals surface area contributed by atoms with Crippen LogP contribution in [0, 0.1) is 26.6 Å². The number of hydrogen-bond donors (Lipinski definition) is 1. The van der Waals surface area contributed by atoms with E-state index in [1.165, 1.54) is 24.3 Å². The van der Waals surface area contributed by atoms with E-state index >= 15 is 0 Å². The number of benzene rings is 3. The number of nitrogens with zero attached hydrogens (tertiary/aromatic N) is 1. The first-order valence-corrected chi connectivity index (χ1v) is 10.1. The summed E-state index contributed by atoms with van der Waals surface area (Å²) in [6.07, 6.45) is 0. The maximum atomic E-state index is 13.5. The summed E-state index contributed by atoms with van der Waals surface area (Å²) < 4.78 is 13.5. The lowest BCUT2D eigenvalue weighted by Crippen LogP contribution is -2.33. The van der Waals surface area contributed by atoms with Gasteiger partial charge in [-0.05, 0) is 79.4 Å². The summed E-state index contributed by atoms with van der Waals surface area (Å²) in [5.41, 5.74) is 4.63. The topological polar surface area (TPSA) is 49.4 Å². The van der Waals surface area contributed by atoms with Gasteiger partial charge >= 0.3 is 0 Å². The van der Waals surface area contributed by atoms with Crippen LogP contribution in [-0.2, 0) is 9.59 Å². The van der Waals surface area contributed by atoms with E-state index in [2.05, 4.69) is 5.32 Å². The largest absolute Gasteiger partial charge is 0.350 e. The van der Waals surface area contributed by atoms with Crippen LogP contribution < -0.4 is 10.2 Å². The number of amides is 2. The Morgan fingerprint density at radius 3 is 2.23 bits per heavy atom. The van der Waals surface area contributed by atoms with Crippen LogP contribution in [0.1, 0.15) is 22.3 Å². The van der Waals surface area contributed by atoms with Gasteiger partial charge in [0.25, 0.3) is 11.8 Å². The van der Waals surface area contributed by atoms with E-state index in [1.807, 2.05) is 32.0 Å². The van der Waals surface area contributed by atoms with Gasteiger partial charge in [-0.15, -0.1) is 0 Å². The Kier molecular flexibility index (Phi) is 5.38. The van der Waals surface area contributed by atoms with Crippen LogP contribution in [0.25, 0.3) is 5.57 Å². The number of carbonyl (C=O) groups is 2. The molecule has 1 heterocycles. The molecule has 0 aromatic heterocycles. The molecule has 2 amide bonds. The lowest BCUT2D eigenvalue weighted by Gasteiger charge is -2.18. The standard InChI is InChI=1S/C25H20ClFN2O2/c1-14-4-5-15(2)20(12-14)28-23-22(17-6-9-19(27)10-7-17)24(30)29(25(23)31)21-11-8-18(26)13-16(21)3/h4-13,28H,1-3H3. The molecule has 0 saturated heterocycles. The van der Waals surface area contributed by atoms with Gasteiger partial charge in [0.2, 0.25) is 0 Å². The molecule has 3 aromatic rings. The monoisotopic (exact) mass is 434 g/mol. The lowest BCUT2D eigenvalue weighted by atomic mass is 10.0. The van der Waals surface area contributed by atoms with Crippen molar-refractivity contribution in [2.24, 2.45) is 0 Å². The molecule has 6 heteroatoms. The van der Waals surface area contributed by atoms with Crippen molar-refractivity contribution in [2.45, 2.75) is 20.8 Å². The molecule has 0 fully saturated rings. The second-order valence-electron chi connectivity index (χ2n) is 7.58. The fourth-order valence-corrected chi connectivity index (χ4v) is 3.85. The first kappa shape index (κ1) is 20.8. The molecule has 1 N–H and O–H groups in total. The number of aryl methyl sites for hydroxylation is 3. The van der Waals surface area contributed by atoms with Gasteiger partial charge in [-0.2, -0.15) is 0 Å². The zero-order valence-corrected chi connectivity index (χ0v) is 18.0. The fraction of sp³-hybridized carbons (Fsp3) is 0.120. The highest BCUT2D eigenvalue weighted by molar-refractivity contribution is 6.46. The molecule has 1 aliphatic heterocycles. The van der Waals surface area contributed by atoms with E-state index in [1.54, 1.807) is 25.1 Å². The molecule has 0 unspecified atom stereocenters. The van der Waals surface area contributed by atoms with Crippen LogP contribution in [0.3, 0.4) is 0 Å². The molecule has 0 saturated carbocycles. The Morgan fingerprint density at radius 2 is 1.55 bits per heavy atom. The second kappa shape index (κ2) is 8.00. The van der Waals surface area contributed by atoms with Gasteiger partial charge in [-0.3, -0.25) is 9.59 Å². The third-order valence-corrected chi connectivity index (χ3v) is 5.50. The van der Waals surface area contributed by atoms with Crippen LogP contribution in [0.5, 0.6) is 0 Å². The normalized spacial score (nSPS) is 13.9. The number of hydrogen-bond acceptors (Lipinski definition) is 3. The van der Waals surface area contributed by atoms with Gasteiger partial charge in [-0.1, -0.05) is 35.9 Å². The maximum absolute atomic E-state index is 13.5. The van der Waals surface area contributed by atoms with E-state index in [4.69, 9.17) is 11.6 Å². The minimum Gasteiger partial charge on any atom is -0.350 e. The number of halogens is 2. The number of anilines is 2. The SMILES string of the molecule is Cc1ccc(C)c(NC2=C(c3ccc(F)cc3)C(=O)N(c3ccc(Cl)cc3C)C2=O)c1. The molecule has 1 aliphatic rings. The predicted octanol–water partition coefficient (Wildman–Crippen LogP) is 5.80. The average Bonchev–Trinajstić information content (AvgIpc) is 2.96. The second-order valence-corrected chi connectivity index (χ2v) is 8.01. The first-order valence-electron chi connectivity index (χ1n) is 9.75. The van der Waals surface area contributed by atoms with Crippen LogP contribution in [0.2, 0.25) is 5.02 Å². The van der Waals surface area contributed by atoms with Gasteiger partial charge in [-0.25, -0.2) is 9.29 Å². The van der Waals surface area contributed by atoms with Gasteiger partial charge in [0.05, 0.1) is 11.3 Å². The Bertz CT molecular complexity index is 1250. The van der Waals surface area contributed by atoms with Gasteiger partial charge < -0.3 is 5.32 Å². The molecule has 4 rings (SSSR count). The molecule has 3 aromatic carbocycles. The summed E-state index contributed by atoms with van der Waals surface area (Å²) in [6.45, 7) is 5.66. The summed E-state index contributed by atoms with van der Waals surface area (Å²) in [5, 5.41) is 3.69. The fourth-order valence-electron chi connectivity index (χ4n) is 3.62. The highest BCUT2D eigenvalue weighted by atomic mass is 35.5. The summed E-state index contributed by atoms with van der Waals surface area (Å²) >= 11 is 6.06. The summed E-state index contributed by atoms with van der Waals surface area (Å²) in [7, 11) is 0. The molecule has 156 valence electrons. The van der Waals surface area contributed by atoms with Crippen molar-refractivity contribution < 1.29 is 14.0 Å². The zero-order valence-electron chi connectivity index (χ0n) is 17.3. The quantitative estimate of drug-likeness (QED) is 0.528. The molecular formula is C25H20ClFN2O2. The van der Waals surface area contributed by atoms with Crippen LogP contribution >= 0.6 is 11.6 Å². The summed E-state index contributed by atoms with van der Waals surface area (Å²) in [6, 6.07) is 16.4. The average molecular weight is 435 g/mol. The highest BCUT2D eigenvalue weighted by Gasteiger charge is 2.41. The van der Waals surface area contributed by atoms with E-state index in [0.29, 0.717) is 21.8 Å².